The number of nitrogens with zero attached hydrogens (tertiary/aromatic N) is 1. The van der Waals surface area contributed by atoms with Gasteiger partial charge in [-0.3, -0.25) is 14.5 Å². The quantitative estimate of drug-likeness (QED) is 0.765. The zero-order valence-corrected chi connectivity index (χ0v) is 16.1. The molecule has 2 rings (SSSR count). The standard InChI is InChI=1S/C21H29N3O2/c1-5-24(13-20(25)22-15(2)3)14-21(26)23-16(4)18-11-10-17-8-6-7-9-19(17)12-18/h6-12,15-16H,5,13-14H2,1-4H3,(H,22,25)(H,23,26). The number of rotatable bonds is 8. The molecule has 2 N–H and O–H groups in total. The smallest absolute Gasteiger partial charge is 0.234 e. The van der Waals surface area contributed by atoms with Gasteiger partial charge in [0.2, 0.25) is 11.8 Å². The first kappa shape index (κ1) is 19.9. The van der Waals surface area contributed by atoms with Crippen LogP contribution < -0.4 is 10.6 Å². The van der Waals surface area contributed by atoms with Crippen molar-refractivity contribution in [3.05, 3.63) is 48.0 Å². The second kappa shape index (κ2) is 9.34. The molecule has 0 aliphatic rings. The van der Waals surface area contributed by atoms with Gasteiger partial charge in [0.25, 0.3) is 0 Å². The van der Waals surface area contributed by atoms with Crippen molar-refractivity contribution in [3.63, 3.8) is 0 Å². The van der Waals surface area contributed by atoms with Crippen molar-refractivity contribution in [2.45, 2.75) is 39.8 Å². The minimum Gasteiger partial charge on any atom is -0.353 e. The molecule has 0 bridgehead atoms. The molecule has 2 aromatic rings. The van der Waals surface area contributed by atoms with Crippen LogP contribution in [0.4, 0.5) is 0 Å². The van der Waals surface area contributed by atoms with Gasteiger partial charge >= 0.3 is 0 Å². The van der Waals surface area contributed by atoms with E-state index in [2.05, 4.69) is 34.9 Å². The Labute approximate surface area is 155 Å². The van der Waals surface area contributed by atoms with Crippen molar-refractivity contribution in [3.8, 4) is 0 Å². The van der Waals surface area contributed by atoms with Crippen molar-refractivity contribution < 1.29 is 9.59 Å². The number of amides is 2. The highest BCUT2D eigenvalue weighted by atomic mass is 16.2. The summed E-state index contributed by atoms with van der Waals surface area (Å²) in [6.07, 6.45) is 0. The van der Waals surface area contributed by atoms with Gasteiger partial charge < -0.3 is 10.6 Å². The molecule has 5 heteroatoms. The van der Waals surface area contributed by atoms with Crippen LogP contribution in [0.5, 0.6) is 0 Å². The first-order valence-corrected chi connectivity index (χ1v) is 9.18. The lowest BCUT2D eigenvalue weighted by Crippen LogP contribution is -2.44. The number of nitrogens with one attached hydrogen (secondary N) is 2. The maximum Gasteiger partial charge on any atom is 0.234 e. The fourth-order valence-corrected chi connectivity index (χ4v) is 2.90. The van der Waals surface area contributed by atoms with Gasteiger partial charge in [-0.05, 0) is 49.7 Å². The van der Waals surface area contributed by atoms with Gasteiger partial charge in [0.05, 0.1) is 19.1 Å². The van der Waals surface area contributed by atoms with Crippen molar-refractivity contribution in [1.29, 1.82) is 0 Å². The van der Waals surface area contributed by atoms with E-state index in [-0.39, 0.29) is 37.0 Å². The summed E-state index contributed by atoms with van der Waals surface area (Å²) >= 11 is 0. The summed E-state index contributed by atoms with van der Waals surface area (Å²) in [6, 6.07) is 14.4. The number of likely N-dealkylation sites (N-methyl/N-ethyl adjacent to an activating group) is 1. The second-order valence-electron chi connectivity index (χ2n) is 6.92. The Morgan fingerprint density at radius 2 is 1.54 bits per heavy atom. The molecule has 0 saturated heterocycles. The molecule has 2 amide bonds. The molecule has 0 aromatic heterocycles. The average Bonchev–Trinajstić information content (AvgIpc) is 2.59. The molecule has 0 aliphatic heterocycles. The third kappa shape index (κ3) is 5.85. The van der Waals surface area contributed by atoms with Gasteiger partial charge in [-0.2, -0.15) is 0 Å². The molecule has 0 aliphatic carbocycles. The van der Waals surface area contributed by atoms with Crippen LogP contribution >= 0.6 is 0 Å². The first-order valence-electron chi connectivity index (χ1n) is 9.18. The fourth-order valence-electron chi connectivity index (χ4n) is 2.90. The molecule has 0 radical (unpaired) electrons. The zero-order valence-electron chi connectivity index (χ0n) is 16.1. The van der Waals surface area contributed by atoms with Crippen LogP contribution in [0.3, 0.4) is 0 Å². The predicted molar refractivity (Wildman–Crippen MR) is 106 cm³/mol. The van der Waals surface area contributed by atoms with E-state index in [1.165, 1.54) is 5.39 Å². The van der Waals surface area contributed by atoms with E-state index >= 15 is 0 Å². The van der Waals surface area contributed by atoms with Crippen LogP contribution in [-0.2, 0) is 9.59 Å². The van der Waals surface area contributed by atoms with E-state index in [4.69, 9.17) is 0 Å². The highest BCUT2D eigenvalue weighted by molar-refractivity contribution is 5.84. The molecular formula is C21H29N3O2. The van der Waals surface area contributed by atoms with E-state index in [0.29, 0.717) is 6.54 Å². The van der Waals surface area contributed by atoms with E-state index in [9.17, 15) is 9.59 Å². The first-order chi connectivity index (χ1) is 12.4. The van der Waals surface area contributed by atoms with Crippen LogP contribution in [0.1, 0.15) is 39.3 Å². The van der Waals surface area contributed by atoms with Gasteiger partial charge in [0.1, 0.15) is 0 Å². The van der Waals surface area contributed by atoms with Gasteiger partial charge in [0.15, 0.2) is 0 Å². The predicted octanol–water partition coefficient (Wildman–Crippen LogP) is 2.86. The van der Waals surface area contributed by atoms with Gasteiger partial charge in [0, 0.05) is 6.04 Å². The molecule has 2 aromatic carbocycles. The Bertz CT molecular complexity index is 758. The number of carbonyl (C=O) groups excluding carboxylic acids is 2. The molecule has 0 heterocycles. The van der Waals surface area contributed by atoms with Crippen molar-refractivity contribution >= 4 is 22.6 Å². The summed E-state index contributed by atoms with van der Waals surface area (Å²) in [5.41, 5.74) is 1.07. The number of carbonyl (C=O) groups is 2. The van der Waals surface area contributed by atoms with Crippen molar-refractivity contribution in [1.82, 2.24) is 15.5 Å². The molecular weight excluding hydrogens is 326 g/mol. The normalized spacial score (nSPS) is 12.4. The molecule has 26 heavy (non-hydrogen) atoms. The second-order valence-corrected chi connectivity index (χ2v) is 6.92. The third-order valence-corrected chi connectivity index (χ3v) is 4.28. The maximum absolute atomic E-state index is 12.4. The van der Waals surface area contributed by atoms with Crippen LogP contribution in [0.25, 0.3) is 10.8 Å². The van der Waals surface area contributed by atoms with Crippen molar-refractivity contribution in [2.24, 2.45) is 0 Å². The van der Waals surface area contributed by atoms with Crippen molar-refractivity contribution in [2.75, 3.05) is 19.6 Å². The molecule has 1 atom stereocenters. The van der Waals surface area contributed by atoms with E-state index in [1.807, 2.05) is 50.8 Å². The molecule has 0 saturated carbocycles. The summed E-state index contributed by atoms with van der Waals surface area (Å²) in [4.78, 5) is 26.1. The average molecular weight is 355 g/mol. The minimum absolute atomic E-state index is 0.0581. The highest BCUT2D eigenvalue weighted by Crippen LogP contribution is 2.20. The minimum atomic E-state index is -0.0877. The lowest BCUT2D eigenvalue weighted by Gasteiger charge is -2.22. The van der Waals surface area contributed by atoms with Crippen LogP contribution in [0, 0.1) is 0 Å². The monoisotopic (exact) mass is 355 g/mol. The van der Waals surface area contributed by atoms with E-state index in [1.54, 1.807) is 0 Å². The Balaban J connectivity index is 1.93. The maximum atomic E-state index is 12.4. The number of benzene rings is 2. The highest BCUT2D eigenvalue weighted by Gasteiger charge is 2.16. The zero-order chi connectivity index (χ0) is 19.1. The summed E-state index contributed by atoms with van der Waals surface area (Å²) in [5, 5.41) is 8.22. The molecule has 1 unspecified atom stereocenters. The largest absolute Gasteiger partial charge is 0.353 e. The van der Waals surface area contributed by atoms with Gasteiger partial charge in [-0.1, -0.05) is 43.3 Å². The van der Waals surface area contributed by atoms with Gasteiger partial charge in [-0.15, -0.1) is 0 Å². The number of hydrogen-bond donors (Lipinski definition) is 2. The molecule has 0 fully saturated rings. The summed E-state index contributed by atoms with van der Waals surface area (Å²) in [5.74, 6) is -0.137. The molecule has 140 valence electrons. The lowest BCUT2D eigenvalue weighted by atomic mass is 10.0. The Morgan fingerprint density at radius 3 is 2.15 bits per heavy atom. The molecule has 5 nitrogen and oxygen atoms in total. The topological polar surface area (TPSA) is 61.4 Å². The molecule has 0 spiro atoms. The Hall–Kier alpha value is -2.40. The Morgan fingerprint density at radius 1 is 0.923 bits per heavy atom. The van der Waals surface area contributed by atoms with Crippen LogP contribution in [0.15, 0.2) is 42.5 Å². The summed E-state index contributed by atoms with van der Waals surface area (Å²) < 4.78 is 0. The van der Waals surface area contributed by atoms with E-state index < -0.39 is 0 Å². The SMILES string of the molecule is CCN(CC(=O)NC(C)C)CC(=O)NC(C)c1ccc2ccccc2c1. The van der Waals surface area contributed by atoms with Crippen LogP contribution in [0.2, 0.25) is 0 Å². The third-order valence-electron chi connectivity index (χ3n) is 4.28. The summed E-state index contributed by atoms with van der Waals surface area (Å²) in [6.45, 7) is 8.85. The number of hydrogen-bond acceptors (Lipinski definition) is 3. The fraction of sp³-hybridized carbons (Fsp3) is 0.429. The number of fused-ring (bicyclic) bond motifs is 1. The Kier molecular flexibility index (Phi) is 7.16. The summed E-state index contributed by atoms with van der Waals surface area (Å²) in [7, 11) is 0. The van der Waals surface area contributed by atoms with Crippen LogP contribution in [-0.4, -0.2) is 42.4 Å². The van der Waals surface area contributed by atoms with E-state index in [0.717, 1.165) is 10.9 Å². The van der Waals surface area contributed by atoms with Gasteiger partial charge in [-0.25, -0.2) is 0 Å². The lowest BCUT2D eigenvalue weighted by molar-refractivity contribution is -0.125.